The van der Waals surface area contributed by atoms with Gasteiger partial charge in [-0.1, -0.05) is 0 Å². The van der Waals surface area contributed by atoms with E-state index in [0.29, 0.717) is 36.4 Å². The molecule has 6 heterocycles. The number of carbonyl (C=O) groups excluding carboxylic acids is 5. The number of nitrogens with zero attached hydrogens (tertiary/aromatic N) is 5. The highest BCUT2D eigenvalue weighted by atomic mass is 16.5. The highest BCUT2D eigenvalue weighted by Crippen LogP contribution is 2.39. The Morgan fingerprint density at radius 2 is 1.66 bits per heavy atom. The molecule has 0 spiro atoms. The fraction of sp³-hybridized carbons (Fsp3) is 0.390. The van der Waals surface area contributed by atoms with Gasteiger partial charge in [0.05, 0.1) is 36.3 Å². The minimum atomic E-state index is -1.02. The standard InChI is InChI=1S/C41H43N7O8/c1-45-21-31(27-10-11-42-17-30(27)39(45)52)24-14-34(55-2)32(35(15-24)56-3)22-46-18-23(19-46)13-37(50)43-25-5-4-12-47(20-25)26-6-7-28-29(16-26)41(54)48(40(28)53)33-8-9-36(49)44-38(33)51/h6-7,10-11,14-17,21,23,25,33H,4-5,8-9,12-13,18-20,22H2,1-3H3,(H,43,50)(H,44,49,51). The second-order valence-electron chi connectivity index (χ2n) is 15.0. The summed E-state index contributed by atoms with van der Waals surface area (Å²) in [6, 6.07) is 9.78. The summed E-state index contributed by atoms with van der Waals surface area (Å²) in [4.78, 5) is 86.1. The number of fused-ring (bicyclic) bond motifs is 2. The molecule has 2 aromatic heterocycles. The van der Waals surface area contributed by atoms with Crippen molar-refractivity contribution in [3.05, 3.63) is 82.0 Å². The Kier molecular flexibility index (Phi) is 9.78. The van der Waals surface area contributed by atoms with Crippen LogP contribution >= 0.6 is 0 Å². The zero-order chi connectivity index (χ0) is 39.2. The van der Waals surface area contributed by atoms with Gasteiger partial charge in [-0.25, -0.2) is 0 Å². The van der Waals surface area contributed by atoms with Gasteiger partial charge in [-0.05, 0) is 72.5 Å². The number of aryl methyl sites for hydroxylation is 1. The number of imide groups is 2. The number of benzene rings is 2. The molecular weight excluding hydrogens is 718 g/mol. The van der Waals surface area contributed by atoms with Gasteiger partial charge >= 0.3 is 0 Å². The minimum Gasteiger partial charge on any atom is -0.496 e. The molecule has 4 aromatic rings. The van der Waals surface area contributed by atoms with E-state index >= 15 is 0 Å². The zero-order valence-corrected chi connectivity index (χ0v) is 31.5. The molecule has 4 aliphatic rings. The molecule has 0 aliphatic carbocycles. The summed E-state index contributed by atoms with van der Waals surface area (Å²) >= 11 is 0. The van der Waals surface area contributed by atoms with Crippen molar-refractivity contribution in [2.45, 2.75) is 50.7 Å². The topological polar surface area (TPSA) is 172 Å². The number of methoxy groups -OCH3 is 2. The minimum absolute atomic E-state index is 0.00434. The predicted octanol–water partition coefficient (Wildman–Crippen LogP) is 2.63. The molecule has 8 rings (SSSR count). The highest BCUT2D eigenvalue weighted by Gasteiger charge is 2.45. The Labute approximate surface area is 322 Å². The number of hydrogen-bond acceptors (Lipinski definition) is 11. The first-order valence-corrected chi connectivity index (χ1v) is 18.8. The van der Waals surface area contributed by atoms with Gasteiger partial charge in [0.1, 0.15) is 17.5 Å². The Morgan fingerprint density at radius 3 is 2.39 bits per heavy atom. The Balaban J connectivity index is 0.868. The quantitative estimate of drug-likeness (QED) is 0.228. The van der Waals surface area contributed by atoms with Crippen LogP contribution in [-0.4, -0.2) is 101 Å². The van der Waals surface area contributed by atoms with Crippen LogP contribution in [0.4, 0.5) is 5.69 Å². The lowest BCUT2D eigenvalue weighted by Gasteiger charge is -2.40. The van der Waals surface area contributed by atoms with Gasteiger partial charge in [0.25, 0.3) is 17.4 Å². The lowest BCUT2D eigenvalue weighted by atomic mass is 9.93. The number of amides is 5. The lowest BCUT2D eigenvalue weighted by molar-refractivity contribution is -0.136. The number of ether oxygens (including phenoxy) is 2. The van der Waals surface area contributed by atoms with Crippen LogP contribution in [0.2, 0.25) is 0 Å². The number of piperidine rings is 2. The van der Waals surface area contributed by atoms with Crippen molar-refractivity contribution in [1.29, 1.82) is 0 Å². The van der Waals surface area contributed by atoms with E-state index in [4.69, 9.17) is 9.47 Å². The molecule has 3 fully saturated rings. The number of nitrogens with one attached hydrogen (secondary N) is 2. The van der Waals surface area contributed by atoms with E-state index in [9.17, 15) is 28.8 Å². The molecule has 2 unspecified atom stereocenters. The van der Waals surface area contributed by atoms with Crippen LogP contribution < -0.4 is 30.6 Å². The van der Waals surface area contributed by atoms with Crippen molar-refractivity contribution in [2.75, 3.05) is 45.3 Å². The Bertz CT molecular complexity index is 2330. The van der Waals surface area contributed by atoms with Crippen LogP contribution in [0.5, 0.6) is 11.5 Å². The summed E-state index contributed by atoms with van der Waals surface area (Å²) in [7, 11) is 4.98. The van der Waals surface area contributed by atoms with E-state index in [1.807, 2.05) is 24.4 Å². The summed E-state index contributed by atoms with van der Waals surface area (Å²) in [6.45, 7) is 3.36. The monoisotopic (exact) mass is 761 g/mol. The number of pyridine rings is 2. The maximum absolute atomic E-state index is 13.4. The van der Waals surface area contributed by atoms with E-state index in [1.54, 1.807) is 56.4 Å². The van der Waals surface area contributed by atoms with Crippen LogP contribution in [0.15, 0.2) is 59.8 Å². The first kappa shape index (κ1) is 36.9. The third-order valence-corrected chi connectivity index (χ3v) is 11.4. The highest BCUT2D eigenvalue weighted by molar-refractivity contribution is 6.23. The predicted molar refractivity (Wildman–Crippen MR) is 205 cm³/mol. The molecule has 0 saturated carbocycles. The Hall–Kier alpha value is -6.09. The molecule has 2 aromatic carbocycles. The lowest BCUT2D eigenvalue weighted by Crippen LogP contribution is -2.54. The van der Waals surface area contributed by atoms with Gasteiger partial charge in [0.2, 0.25) is 17.7 Å². The van der Waals surface area contributed by atoms with Crippen molar-refractivity contribution in [2.24, 2.45) is 13.0 Å². The SMILES string of the molecule is COc1cc(-c2cn(C)c(=O)c3cnccc23)cc(OC)c1CN1CC(CC(=O)NC2CCCN(c3ccc4c(c3)C(=O)N(C3CCC(=O)NC3=O)C4=O)C2)C1. The zero-order valence-electron chi connectivity index (χ0n) is 31.5. The first-order valence-electron chi connectivity index (χ1n) is 18.8. The van der Waals surface area contributed by atoms with Crippen LogP contribution in [-0.2, 0) is 28.0 Å². The molecule has 4 aliphatic heterocycles. The number of hydrogen-bond donors (Lipinski definition) is 2. The van der Waals surface area contributed by atoms with Gasteiger partial charge in [0, 0.05) is 88.5 Å². The van der Waals surface area contributed by atoms with Gasteiger partial charge in [-0.15, -0.1) is 0 Å². The fourth-order valence-electron chi connectivity index (χ4n) is 8.53. The number of rotatable bonds is 10. The van der Waals surface area contributed by atoms with Crippen LogP contribution in [0, 0.1) is 5.92 Å². The van der Waals surface area contributed by atoms with Crippen molar-refractivity contribution in [1.82, 2.24) is 30.0 Å². The van der Waals surface area contributed by atoms with E-state index in [-0.39, 0.29) is 47.4 Å². The average molecular weight is 762 g/mol. The van der Waals surface area contributed by atoms with Crippen LogP contribution in [0.1, 0.15) is 58.4 Å². The molecule has 0 bridgehead atoms. The number of aromatic nitrogens is 2. The normalized spacial score (nSPS) is 20.2. The molecule has 2 atom stereocenters. The molecule has 5 amide bonds. The van der Waals surface area contributed by atoms with Crippen molar-refractivity contribution >= 4 is 46.0 Å². The van der Waals surface area contributed by atoms with E-state index in [1.165, 1.54) is 0 Å². The summed E-state index contributed by atoms with van der Waals surface area (Å²) in [6.07, 6.45) is 7.30. The maximum Gasteiger partial charge on any atom is 0.262 e. The summed E-state index contributed by atoms with van der Waals surface area (Å²) < 4.78 is 13.3. The van der Waals surface area contributed by atoms with Gasteiger partial charge < -0.3 is 24.3 Å². The van der Waals surface area contributed by atoms with Crippen molar-refractivity contribution < 1.29 is 33.4 Å². The Morgan fingerprint density at radius 1 is 0.911 bits per heavy atom. The molecule has 0 radical (unpaired) electrons. The third kappa shape index (κ3) is 6.76. The second kappa shape index (κ2) is 14.9. The largest absolute Gasteiger partial charge is 0.496 e. The number of likely N-dealkylation sites (tertiary alicyclic amines) is 1. The molecule has 15 nitrogen and oxygen atoms in total. The number of carbonyl (C=O) groups is 5. The van der Waals surface area contributed by atoms with Gasteiger partial charge in [-0.2, -0.15) is 0 Å². The number of anilines is 1. The average Bonchev–Trinajstić information content (AvgIpc) is 3.43. The first-order chi connectivity index (χ1) is 27.0. The fourth-order valence-corrected chi connectivity index (χ4v) is 8.53. The molecule has 15 heteroatoms. The second-order valence-corrected chi connectivity index (χ2v) is 15.0. The molecule has 56 heavy (non-hydrogen) atoms. The van der Waals surface area contributed by atoms with Gasteiger partial charge in [-0.3, -0.25) is 48.9 Å². The third-order valence-electron chi connectivity index (χ3n) is 11.4. The summed E-state index contributed by atoms with van der Waals surface area (Å²) in [5.74, 6) is -0.600. The van der Waals surface area contributed by atoms with Gasteiger partial charge in [0.15, 0.2) is 0 Å². The van der Waals surface area contributed by atoms with Crippen LogP contribution in [0.3, 0.4) is 0 Å². The van der Waals surface area contributed by atoms with E-state index < -0.39 is 29.7 Å². The molecule has 290 valence electrons. The molecule has 3 saturated heterocycles. The smallest absolute Gasteiger partial charge is 0.262 e. The van der Waals surface area contributed by atoms with E-state index in [0.717, 1.165) is 65.1 Å². The maximum atomic E-state index is 13.4. The van der Waals surface area contributed by atoms with Crippen molar-refractivity contribution in [3.8, 4) is 22.6 Å². The molecular formula is C41H43N7O8. The summed E-state index contributed by atoms with van der Waals surface area (Å²) in [5.41, 5.74) is 3.74. The van der Waals surface area contributed by atoms with Crippen LogP contribution in [0.25, 0.3) is 21.9 Å². The molecule has 2 N–H and O–H groups in total. The summed E-state index contributed by atoms with van der Waals surface area (Å²) in [5, 5.41) is 6.77. The van der Waals surface area contributed by atoms with E-state index in [2.05, 4.69) is 25.4 Å². The van der Waals surface area contributed by atoms with Crippen molar-refractivity contribution in [3.63, 3.8) is 0 Å².